The molecule has 0 fully saturated rings. The molecule has 5 heteroatoms. The summed E-state index contributed by atoms with van der Waals surface area (Å²) in [5.74, 6) is 1.11. The number of hydrogen-bond donors (Lipinski definition) is 2. The Bertz CT molecular complexity index is 481. The average molecular weight is 294 g/mol. The molecule has 118 valence electrons. The number of likely N-dealkylation sites (N-methyl/N-ethyl adjacent to an activating group) is 1. The molecule has 0 saturated heterocycles. The Kier molecular flexibility index (Phi) is 6.03. The van der Waals surface area contributed by atoms with Gasteiger partial charge in [0.05, 0.1) is 7.11 Å². The molecular formula is C16H26N2O3. The molecule has 1 amide bonds. The molecule has 5 nitrogen and oxygen atoms in total. The smallest absolute Gasteiger partial charge is 0.238 e. The first kappa shape index (κ1) is 17.3. The molecule has 0 heterocycles. The van der Waals surface area contributed by atoms with Crippen LogP contribution in [0.1, 0.15) is 33.3 Å². The molecule has 1 aromatic carbocycles. The maximum atomic E-state index is 11.4. The summed E-state index contributed by atoms with van der Waals surface area (Å²) in [7, 11) is 1.64. The number of methoxy groups -OCH3 is 1. The van der Waals surface area contributed by atoms with E-state index in [1.807, 2.05) is 25.1 Å². The van der Waals surface area contributed by atoms with E-state index in [0.717, 1.165) is 17.1 Å². The van der Waals surface area contributed by atoms with Gasteiger partial charge in [0.25, 0.3) is 0 Å². The van der Waals surface area contributed by atoms with Crippen LogP contribution in [0.25, 0.3) is 0 Å². The Morgan fingerprint density at radius 1 is 1.38 bits per heavy atom. The second kappa shape index (κ2) is 7.31. The fraction of sp³-hybridized carbons (Fsp3) is 0.562. The summed E-state index contributed by atoms with van der Waals surface area (Å²) in [5, 5.41) is 3.01. The standard InChI is InChI=1S/C16H26N2O3/c1-6-18-13(15(17)19)10-21-14-8-7-11(20-5)9-12(14)16(2,3)4/h7-9,13,18H,6,10H2,1-5H3,(H2,17,19). The molecule has 3 N–H and O–H groups in total. The fourth-order valence-corrected chi connectivity index (χ4v) is 2.01. The Morgan fingerprint density at radius 2 is 2.05 bits per heavy atom. The highest BCUT2D eigenvalue weighted by atomic mass is 16.5. The molecule has 1 rings (SSSR count). The summed E-state index contributed by atoms with van der Waals surface area (Å²) in [5.41, 5.74) is 6.29. The first-order valence-electron chi connectivity index (χ1n) is 7.13. The highest BCUT2D eigenvalue weighted by molar-refractivity contribution is 5.80. The van der Waals surface area contributed by atoms with Crippen LogP contribution in [-0.4, -0.2) is 32.2 Å². The van der Waals surface area contributed by atoms with Crippen molar-refractivity contribution in [2.24, 2.45) is 5.73 Å². The third kappa shape index (κ3) is 4.93. The molecule has 0 aliphatic rings. The topological polar surface area (TPSA) is 73.6 Å². The van der Waals surface area contributed by atoms with Gasteiger partial charge in [0.1, 0.15) is 24.1 Å². The Labute approximate surface area is 126 Å². The highest BCUT2D eigenvalue weighted by Crippen LogP contribution is 2.34. The van der Waals surface area contributed by atoms with Gasteiger partial charge in [0.2, 0.25) is 5.91 Å². The molecule has 0 bridgehead atoms. The van der Waals surface area contributed by atoms with E-state index in [2.05, 4.69) is 26.1 Å². The summed E-state index contributed by atoms with van der Waals surface area (Å²) >= 11 is 0. The SMILES string of the molecule is CCNC(COc1ccc(OC)cc1C(C)(C)C)C(N)=O. The van der Waals surface area contributed by atoms with Gasteiger partial charge in [-0.2, -0.15) is 0 Å². The van der Waals surface area contributed by atoms with Gasteiger partial charge in [0, 0.05) is 5.56 Å². The van der Waals surface area contributed by atoms with E-state index in [-0.39, 0.29) is 12.0 Å². The molecule has 1 unspecified atom stereocenters. The largest absolute Gasteiger partial charge is 0.497 e. The van der Waals surface area contributed by atoms with Crippen LogP contribution in [-0.2, 0) is 10.2 Å². The lowest BCUT2D eigenvalue weighted by Crippen LogP contribution is -2.45. The van der Waals surface area contributed by atoms with E-state index in [4.69, 9.17) is 15.2 Å². The molecular weight excluding hydrogens is 268 g/mol. The number of primary amides is 1. The summed E-state index contributed by atoms with van der Waals surface area (Å²) in [4.78, 5) is 11.4. The zero-order chi connectivity index (χ0) is 16.0. The molecule has 0 spiro atoms. The quantitative estimate of drug-likeness (QED) is 0.804. The van der Waals surface area contributed by atoms with Crippen LogP contribution >= 0.6 is 0 Å². The summed E-state index contributed by atoms with van der Waals surface area (Å²) in [6, 6.07) is 5.17. The minimum Gasteiger partial charge on any atom is -0.497 e. The number of hydrogen-bond acceptors (Lipinski definition) is 4. The summed E-state index contributed by atoms with van der Waals surface area (Å²) in [6.07, 6.45) is 0. The van der Waals surface area contributed by atoms with E-state index in [1.165, 1.54) is 0 Å². The fourth-order valence-electron chi connectivity index (χ4n) is 2.01. The number of nitrogens with two attached hydrogens (primary N) is 1. The maximum absolute atomic E-state index is 11.4. The normalized spacial score (nSPS) is 12.8. The van der Waals surface area contributed by atoms with Gasteiger partial charge in [-0.25, -0.2) is 0 Å². The average Bonchev–Trinajstić information content (AvgIpc) is 2.42. The van der Waals surface area contributed by atoms with Crippen molar-refractivity contribution in [2.75, 3.05) is 20.3 Å². The minimum atomic E-state index is -0.495. The van der Waals surface area contributed by atoms with Crippen LogP contribution in [0, 0.1) is 0 Å². The van der Waals surface area contributed by atoms with Gasteiger partial charge in [-0.15, -0.1) is 0 Å². The number of carbonyl (C=O) groups excluding carboxylic acids is 1. The van der Waals surface area contributed by atoms with Crippen molar-refractivity contribution >= 4 is 5.91 Å². The van der Waals surface area contributed by atoms with Crippen LogP contribution < -0.4 is 20.5 Å². The van der Waals surface area contributed by atoms with E-state index in [9.17, 15) is 4.79 Å². The molecule has 1 aromatic rings. The van der Waals surface area contributed by atoms with Gasteiger partial charge < -0.3 is 20.5 Å². The monoisotopic (exact) mass is 294 g/mol. The van der Waals surface area contributed by atoms with Gasteiger partial charge in [-0.05, 0) is 30.2 Å². The van der Waals surface area contributed by atoms with Crippen molar-refractivity contribution < 1.29 is 14.3 Å². The van der Waals surface area contributed by atoms with Crippen molar-refractivity contribution in [1.29, 1.82) is 0 Å². The lowest BCUT2D eigenvalue weighted by Gasteiger charge is -2.24. The van der Waals surface area contributed by atoms with Crippen molar-refractivity contribution in [3.8, 4) is 11.5 Å². The zero-order valence-electron chi connectivity index (χ0n) is 13.5. The Morgan fingerprint density at radius 3 is 2.52 bits per heavy atom. The number of rotatable bonds is 7. The molecule has 0 aliphatic heterocycles. The molecule has 0 radical (unpaired) electrons. The van der Waals surface area contributed by atoms with Crippen LogP contribution in [0.4, 0.5) is 0 Å². The van der Waals surface area contributed by atoms with Crippen LogP contribution in [0.2, 0.25) is 0 Å². The minimum absolute atomic E-state index is 0.0930. The van der Waals surface area contributed by atoms with Crippen molar-refractivity contribution in [2.45, 2.75) is 39.2 Å². The molecule has 0 saturated carbocycles. The van der Waals surface area contributed by atoms with E-state index >= 15 is 0 Å². The lowest BCUT2D eigenvalue weighted by atomic mass is 9.86. The second-order valence-corrected chi connectivity index (χ2v) is 5.94. The first-order chi connectivity index (χ1) is 9.79. The Hall–Kier alpha value is -1.75. The van der Waals surface area contributed by atoms with Crippen LogP contribution in [0.5, 0.6) is 11.5 Å². The molecule has 21 heavy (non-hydrogen) atoms. The first-order valence-corrected chi connectivity index (χ1v) is 7.13. The van der Waals surface area contributed by atoms with Gasteiger partial charge >= 0.3 is 0 Å². The van der Waals surface area contributed by atoms with Crippen LogP contribution in [0.15, 0.2) is 18.2 Å². The zero-order valence-corrected chi connectivity index (χ0v) is 13.5. The third-order valence-corrected chi connectivity index (χ3v) is 3.19. The van der Waals surface area contributed by atoms with Gasteiger partial charge in [0.15, 0.2) is 0 Å². The predicted octanol–water partition coefficient (Wildman–Crippen LogP) is 1.83. The van der Waals surface area contributed by atoms with Gasteiger partial charge in [-0.3, -0.25) is 4.79 Å². The lowest BCUT2D eigenvalue weighted by molar-refractivity contribution is -0.120. The third-order valence-electron chi connectivity index (χ3n) is 3.19. The van der Waals surface area contributed by atoms with Crippen molar-refractivity contribution in [3.05, 3.63) is 23.8 Å². The van der Waals surface area contributed by atoms with Crippen molar-refractivity contribution in [3.63, 3.8) is 0 Å². The molecule has 1 atom stereocenters. The van der Waals surface area contributed by atoms with Gasteiger partial charge in [-0.1, -0.05) is 27.7 Å². The number of nitrogens with one attached hydrogen (secondary N) is 1. The number of ether oxygens (including phenoxy) is 2. The van der Waals surface area contributed by atoms with E-state index in [0.29, 0.717) is 6.54 Å². The number of carbonyl (C=O) groups is 1. The van der Waals surface area contributed by atoms with E-state index < -0.39 is 11.9 Å². The number of benzene rings is 1. The Balaban J connectivity index is 2.94. The summed E-state index contributed by atoms with van der Waals surface area (Å²) in [6.45, 7) is 9.09. The molecule has 0 aliphatic carbocycles. The highest BCUT2D eigenvalue weighted by Gasteiger charge is 2.21. The number of amides is 1. The van der Waals surface area contributed by atoms with E-state index in [1.54, 1.807) is 7.11 Å². The van der Waals surface area contributed by atoms with Crippen molar-refractivity contribution in [1.82, 2.24) is 5.32 Å². The maximum Gasteiger partial charge on any atom is 0.238 e. The second-order valence-electron chi connectivity index (χ2n) is 5.94. The predicted molar refractivity (Wildman–Crippen MR) is 83.8 cm³/mol. The summed E-state index contributed by atoms with van der Waals surface area (Å²) < 4.78 is 11.1. The van der Waals surface area contributed by atoms with Crippen LogP contribution in [0.3, 0.4) is 0 Å². The molecule has 0 aromatic heterocycles.